The molecule has 7 heteroatoms. The molecule has 0 spiro atoms. The van der Waals surface area contributed by atoms with Gasteiger partial charge in [-0.2, -0.15) is 0 Å². The SMILES string of the molecule is COCCN(Cc1ccccc1)C(=O)CSc1ccc([N+](=O)[O-])cc1. The molecule has 132 valence electrons. The molecule has 6 nitrogen and oxygen atoms in total. The van der Waals surface area contributed by atoms with Gasteiger partial charge in [-0.15, -0.1) is 11.8 Å². The molecule has 0 fully saturated rings. The van der Waals surface area contributed by atoms with Gasteiger partial charge in [0, 0.05) is 37.2 Å². The number of benzene rings is 2. The molecule has 0 unspecified atom stereocenters. The van der Waals surface area contributed by atoms with Crippen molar-refractivity contribution in [2.45, 2.75) is 11.4 Å². The van der Waals surface area contributed by atoms with Gasteiger partial charge >= 0.3 is 0 Å². The van der Waals surface area contributed by atoms with Gasteiger partial charge in [-0.3, -0.25) is 14.9 Å². The molecule has 25 heavy (non-hydrogen) atoms. The van der Waals surface area contributed by atoms with Crippen LogP contribution in [0.5, 0.6) is 0 Å². The quantitative estimate of drug-likeness (QED) is 0.389. The summed E-state index contributed by atoms with van der Waals surface area (Å²) in [4.78, 5) is 25.4. The second kappa shape index (κ2) is 9.80. The monoisotopic (exact) mass is 360 g/mol. The number of ether oxygens (including phenoxy) is 1. The first kappa shape index (κ1) is 19.0. The van der Waals surface area contributed by atoms with Crippen LogP contribution in [0.4, 0.5) is 5.69 Å². The van der Waals surface area contributed by atoms with E-state index in [0.29, 0.717) is 19.7 Å². The zero-order chi connectivity index (χ0) is 18.1. The number of rotatable bonds is 9. The van der Waals surface area contributed by atoms with Crippen LogP contribution in [0, 0.1) is 10.1 Å². The fourth-order valence-electron chi connectivity index (χ4n) is 2.20. The number of nitro groups is 1. The third-order valence-corrected chi connectivity index (χ3v) is 4.54. The fourth-order valence-corrected chi connectivity index (χ4v) is 3.00. The number of non-ortho nitro benzene ring substituents is 1. The average Bonchev–Trinajstić information content (AvgIpc) is 2.64. The van der Waals surface area contributed by atoms with Gasteiger partial charge in [0.2, 0.25) is 5.91 Å². The molecule has 1 amide bonds. The van der Waals surface area contributed by atoms with Crippen LogP contribution in [0.25, 0.3) is 0 Å². The molecule has 2 rings (SSSR count). The molecule has 0 bridgehead atoms. The summed E-state index contributed by atoms with van der Waals surface area (Å²) in [5.74, 6) is 0.276. The molecule has 2 aromatic carbocycles. The predicted octanol–water partition coefficient (Wildman–Crippen LogP) is 3.36. The molecule has 0 N–H and O–H groups in total. The second-order valence-corrected chi connectivity index (χ2v) is 6.38. The van der Waals surface area contributed by atoms with E-state index in [0.717, 1.165) is 10.5 Å². The van der Waals surface area contributed by atoms with Crippen molar-refractivity contribution in [1.29, 1.82) is 0 Å². The maximum absolute atomic E-state index is 12.5. The van der Waals surface area contributed by atoms with E-state index in [1.807, 2.05) is 30.3 Å². The van der Waals surface area contributed by atoms with E-state index in [9.17, 15) is 14.9 Å². The maximum Gasteiger partial charge on any atom is 0.269 e. The molecular formula is C18H20N2O4S. The highest BCUT2D eigenvalue weighted by Gasteiger charge is 2.14. The third-order valence-electron chi connectivity index (χ3n) is 3.54. The van der Waals surface area contributed by atoms with Crippen molar-refractivity contribution in [3.8, 4) is 0 Å². The van der Waals surface area contributed by atoms with Crippen LogP contribution in [0.3, 0.4) is 0 Å². The van der Waals surface area contributed by atoms with Crippen LogP contribution in [-0.2, 0) is 16.1 Å². The molecule has 0 aliphatic carbocycles. The van der Waals surface area contributed by atoms with Gasteiger partial charge in [0.05, 0.1) is 17.3 Å². The van der Waals surface area contributed by atoms with Crippen molar-refractivity contribution in [3.63, 3.8) is 0 Å². The minimum atomic E-state index is -0.439. The van der Waals surface area contributed by atoms with E-state index < -0.39 is 4.92 Å². The van der Waals surface area contributed by atoms with Crippen LogP contribution < -0.4 is 0 Å². The summed E-state index contributed by atoms with van der Waals surface area (Å²) in [6.07, 6.45) is 0. The first-order chi connectivity index (χ1) is 12.1. The average molecular weight is 360 g/mol. The van der Waals surface area contributed by atoms with Gasteiger partial charge in [0.15, 0.2) is 0 Å². The molecule has 0 saturated heterocycles. The van der Waals surface area contributed by atoms with E-state index in [-0.39, 0.29) is 17.3 Å². The van der Waals surface area contributed by atoms with Gasteiger partial charge in [0.25, 0.3) is 5.69 Å². The van der Waals surface area contributed by atoms with Gasteiger partial charge < -0.3 is 9.64 Å². The number of carbonyl (C=O) groups is 1. The Bertz CT molecular complexity index is 692. The summed E-state index contributed by atoms with van der Waals surface area (Å²) < 4.78 is 5.09. The summed E-state index contributed by atoms with van der Waals surface area (Å²) in [5.41, 5.74) is 1.11. The Labute approximate surface area is 150 Å². The zero-order valence-electron chi connectivity index (χ0n) is 14.0. The van der Waals surface area contributed by atoms with Crippen LogP contribution in [0.15, 0.2) is 59.5 Å². The largest absolute Gasteiger partial charge is 0.383 e. The molecular weight excluding hydrogens is 340 g/mol. The standard InChI is InChI=1S/C18H20N2O4S/c1-24-12-11-19(13-15-5-3-2-4-6-15)18(21)14-25-17-9-7-16(8-10-17)20(22)23/h2-10H,11-14H2,1H3. The summed E-state index contributed by atoms with van der Waals surface area (Å²) in [6.45, 7) is 1.52. The maximum atomic E-state index is 12.5. The van der Waals surface area contributed by atoms with Gasteiger partial charge in [-0.1, -0.05) is 30.3 Å². The lowest BCUT2D eigenvalue weighted by Gasteiger charge is -2.22. The van der Waals surface area contributed by atoms with Crippen LogP contribution in [-0.4, -0.2) is 41.7 Å². The normalized spacial score (nSPS) is 10.4. The second-order valence-electron chi connectivity index (χ2n) is 5.33. The first-order valence-corrected chi connectivity index (χ1v) is 8.76. The molecule has 0 aromatic heterocycles. The number of hydrogen-bond acceptors (Lipinski definition) is 5. The Morgan fingerprint density at radius 2 is 1.84 bits per heavy atom. The Morgan fingerprint density at radius 3 is 2.44 bits per heavy atom. The minimum Gasteiger partial charge on any atom is -0.383 e. The first-order valence-electron chi connectivity index (χ1n) is 7.78. The summed E-state index contributed by atoms with van der Waals surface area (Å²) in [7, 11) is 1.61. The summed E-state index contributed by atoms with van der Waals surface area (Å²) >= 11 is 1.37. The highest BCUT2D eigenvalue weighted by Crippen LogP contribution is 2.22. The highest BCUT2D eigenvalue weighted by molar-refractivity contribution is 8.00. The molecule has 0 heterocycles. The van der Waals surface area contributed by atoms with Crippen molar-refractivity contribution < 1.29 is 14.5 Å². The fraction of sp³-hybridized carbons (Fsp3) is 0.278. The number of nitro benzene ring substituents is 1. The van der Waals surface area contributed by atoms with Gasteiger partial charge in [0.1, 0.15) is 0 Å². The number of thioether (sulfide) groups is 1. The molecule has 0 aliphatic heterocycles. The minimum absolute atomic E-state index is 0.00394. The molecule has 0 aliphatic rings. The molecule has 0 radical (unpaired) electrons. The summed E-state index contributed by atoms with van der Waals surface area (Å²) in [5, 5.41) is 10.7. The van der Waals surface area contributed by atoms with E-state index in [1.54, 1.807) is 24.1 Å². The summed E-state index contributed by atoms with van der Waals surface area (Å²) in [6, 6.07) is 16.0. The van der Waals surface area contributed by atoms with Crippen LogP contribution in [0.2, 0.25) is 0 Å². The third kappa shape index (κ3) is 6.21. The number of methoxy groups -OCH3 is 1. The smallest absolute Gasteiger partial charge is 0.269 e. The Morgan fingerprint density at radius 1 is 1.16 bits per heavy atom. The lowest BCUT2D eigenvalue weighted by Crippen LogP contribution is -2.34. The Hall–Kier alpha value is -2.38. The van der Waals surface area contributed by atoms with Crippen molar-refractivity contribution in [2.75, 3.05) is 26.0 Å². The number of carbonyl (C=O) groups excluding carboxylic acids is 1. The molecule has 2 aromatic rings. The van der Waals surface area contributed by atoms with Crippen molar-refractivity contribution >= 4 is 23.4 Å². The highest BCUT2D eigenvalue weighted by atomic mass is 32.2. The van der Waals surface area contributed by atoms with Crippen LogP contribution >= 0.6 is 11.8 Å². The van der Waals surface area contributed by atoms with Gasteiger partial charge in [-0.25, -0.2) is 0 Å². The number of nitrogens with zero attached hydrogens (tertiary/aromatic N) is 2. The van der Waals surface area contributed by atoms with E-state index in [1.165, 1.54) is 23.9 Å². The van der Waals surface area contributed by atoms with E-state index in [4.69, 9.17) is 4.74 Å². The number of hydrogen-bond donors (Lipinski definition) is 0. The Balaban J connectivity index is 1.95. The Kier molecular flexibility index (Phi) is 7.43. The van der Waals surface area contributed by atoms with Crippen molar-refractivity contribution in [3.05, 3.63) is 70.3 Å². The zero-order valence-corrected chi connectivity index (χ0v) is 14.8. The van der Waals surface area contributed by atoms with E-state index >= 15 is 0 Å². The van der Waals surface area contributed by atoms with Crippen molar-refractivity contribution in [1.82, 2.24) is 4.90 Å². The predicted molar refractivity (Wildman–Crippen MR) is 97.6 cm³/mol. The van der Waals surface area contributed by atoms with Crippen LogP contribution in [0.1, 0.15) is 5.56 Å². The van der Waals surface area contributed by atoms with E-state index in [2.05, 4.69) is 0 Å². The lowest BCUT2D eigenvalue weighted by atomic mass is 10.2. The number of amides is 1. The van der Waals surface area contributed by atoms with Gasteiger partial charge in [-0.05, 0) is 17.7 Å². The lowest BCUT2D eigenvalue weighted by molar-refractivity contribution is -0.384. The topological polar surface area (TPSA) is 72.7 Å². The molecule has 0 saturated carbocycles. The molecule has 0 atom stereocenters. The van der Waals surface area contributed by atoms with Crippen molar-refractivity contribution in [2.24, 2.45) is 0 Å².